The van der Waals surface area contributed by atoms with E-state index in [2.05, 4.69) is 20.8 Å². The zero-order valence-electron chi connectivity index (χ0n) is 21.0. The number of rotatable bonds is 25. The van der Waals surface area contributed by atoms with Crippen LogP contribution in [0, 0.1) is 12.8 Å². The minimum Gasteiger partial charge on any atom is -0.0654 e. The second-order valence-electron chi connectivity index (χ2n) is 9.96. The van der Waals surface area contributed by atoms with E-state index in [4.69, 9.17) is 0 Å². The van der Waals surface area contributed by atoms with Crippen molar-refractivity contribution in [3.05, 3.63) is 6.92 Å². The van der Waals surface area contributed by atoms with Crippen molar-refractivity contribution in [1.82, 2.24) is 0 Å². The molecule has 1 atom stereocenters. The van der Waals surface area contributed by atoms with E-state index in [0.717, 1.165) is 12.3 Å². The van der Waals surface area contributed by atoms with Crippen LogP contribution in [0.3, 0.4) is 0 Å². The molecule has 0 aliphatic rings. The monoisotopic (exact) mass is 407 g/mol. The lowest BCUT2D eigenvalue weighted by Crippen LogP contribution is -1.95. The molecular formula is C29H59. The number of unbranched alkanes of at least 4 members (excludes halogenated alkanes) is 21. The average molecular weight is 408 g/mol. The Morgan fingerprint density at radius 3 is 1.00 bits per heavy atom. The molecule has 0 saturated heterocycles. The molecule has 0 saturated carbocycles. The van der Waals surface area contributed by atoms with Crippen molar-refractivity contribution in [2.45, 2.75) is 174 Å². The van der Waals surface area contributed by atoms with E-state index in [0.29, 0.717) is 0 Å². The second-order valence-corrected chi connectivity index (χ2v) is 9.96. The molecule has 0 fully saturated rings. The topological polar surface area (TPSA) is 0 Å². The predicted octanol–water partition coefficient (Wildman–Crippen LogP) is 11.2. The van der Waals surface area contributed by atoms with Gasteiger partial charge in [0.1, 0.15) is 0 Å². The van der Waals surface area contributed by atoms with Crippen LogP contribution in [0.1, 0.15) is 174 Å². The van der Waals surface area contributed by atoms with Crippen LogP contribution >= 0.6 is 0 Å². The Morgan fingerprint density at radius 1 is 0.414 bits per heavy atom. The minimum atomic E-state index is 0.958. The van der Waals surface area contributed by atoms with E-state index in [9.17, 15) is 0 Å². The average Bonchev–Trinajstić information content (AvgIpc) is 2.73. The standard InChI is InChI=1S/C29H59/c1-4-6-8-10-12-13-14-15-16-17-18-19-20-21-22-24-26-28-29(3)27-25-23-11-9-7-5-2/h29H,2,4-28H2,1,3H3. The smallest absolute Gasteiger partial charge is 0.0443 e. The first-order chi connectivity index (χ1) is 14.3. The summed E-state index contributed by atoms with van der Waals surface area (Å²) in [7, 11) is 0. The van der Waals surface area contributed by atoms with E-state index in [1.165, 1.54) is 154 Å². The summed E-state index contributed by atoms with van der Waals surface area (Å²) >= 11 is 0. The Hall–Kier alpha value is 0. The zero-order chi connectivity index (χ0) is 21.3. The molecule has 0 nitrogen and oxygen atoms in total. The van der Waals surface area contributed by atoms with Crippen molar-refractivity contribution < 1.29 is 0 Å². The lowest BCUT2D eigenvalue weighted by atomic mass is 9.96. The van der Waals surface area contributed by atoms with Crippen molar-refractivity contribution in [3.63, 3.8) is 0 Å². The maximum atomic E-state index is 3.93. The molecule has 0 bridgehead atoms. The van der Waals surface area contributed by atoms with Gasteiger partial charge in [0, 0.05) is 0 Å². The normalized spacial score (nSPS) is 12.5. The SMILES string of the molecule is [CH2]CCCCCCCC(C)CCCCCCCCCCCCCCCCCCC. The van der Waals surface area contributed by atoms with Crippen molar-refractivity contribution in [3.8, 4) is 0 Å². The fraction of sp³-hybridized carbons (Fsp3) is 0.966. The third-order valence-electron chi connectivity index (χ3n) is 6.75. The Bertz CT molecular complexity index is 269. The highest BCUT2D eigenvalue weighted by atomic mass is 14.1. The molecule has 0 aromatic heterocycles. The highest BCUT2D eigenvalue weighted by Crippen LogP contribution is 2.19. The number of hydrogen-bond donors (Lipinski definition) is 0. The summed E-state index contributed by atoms with van der Waals surface area (Å²) in [4.78, 5) is 0. The van der Waals surface area contributed by atoms with E-state index < -0.39 is 0 Å². The van der Waals surface area contributed by atoms with Crippen LogP contribution in [0.5, 0.6) is 0 Å². The van der Waals surface area contributed by atoms with Gasteiger partial charge in [0.05, 0.1) is 0 Å². The van der Waals surface area contributed by atoms with Crippen molar-refractivity contribution in [2.75, 3.05) is 0 Å². The molecule has 0 aliphatic carbocycles. The summed E-state index contributed by atoms with van der Waals surface area (Å²) < 4.78 is 0. The van der Waals surface area contributed by atoms with Gasteiger partial charge in [0.2, 0.25) is 0 Å². The third kappa shape index (κ3) is 26.0. The van der Waals surface area contributed by atoms with Gasteiger partial charge >= 0.3 is 0 Å². The van der Waals surface area contributed by atoms with Gasteiger partial charge in [0.25, 0.3) is 0 Å². The van der Waals surface area contributed by atoms with Crippen LogP contribution in [0.25, 0.3) is 0 Å². The van der Waals surface area contributed by atoms with Crippen LogP contribution in [0.2, 0.25) is 0 Å². The molecule has 0 heteroatoms. The quantitative estimate of drug-likeness (QED) is 0.132. The van der Waals surface area contributed by atoms with Gasteiger partial charge in [-0.3, -0.25) is 0 Å². The Morgan fingerprint density at radius 2 is 0.690 bits per heavy atom. The van der Waals surface area contributed by atoms with Crippen molar-refractivity contribution in [2.24, 2.45) is 5.92 Å². The minimum absolute atomic E-state index is 0.958. The summed E-state index contributed by atoms with van der Waals surface area (Å²) in [5.74, 6) is 0.958. The lowest BCUT2D eigenvalue weighted by Gasteiger charge is -2.11. The molecule has 0 amide bonds. The Balaban J connectivity index is 3.09. The van der Waals surface area contributed by atoms with Crippen molar-refractivity contribution >= 4 is 0 Å². The molecule has 175 valence electrons. The van der Waals surface area contributed by atoms with Crippen molar-refractivity contribution in [1.29, 1.82) is 0 Å². The number of hydrogen-bond acceptors (Lipinski definition) is 0. The molecule has 0 rings (SSSR count). The van der Waals surface area contributed by atoms with Gasteiger partial charge in [-0.2, -0.15) is 0 Å². The van der Waals surface area contributed by atoms with Gasteiger partial charge in [0.15, 0.2) is 0 Å². The van der Waals surface area contributed by atoms with E-state index in [1.807, 2.05) is 0 Å². The fourth-order valence-electron chi connectivity index (χ4n) is 4.56. The van der Waals surface area contributed by atoms with Crippen LogP contribution in [0.4, 0.5) is 0 Å². The Kier molecular flexibility index (Phi) is 26.0. The van der Waals surface area contributed by atoms with E-state index >= 15 is 0 Å². The highest BCUT2D eigenvalue weighted by Gasteiger charge is 2.02. The molecule has 0 spiro atoms. The molecule has 0 aromatic rings. The molecule has 0 aromatic carbocycles. The van der Waals surface area contributed by atoms with E-state index in [1.54, 1.807) is 0 Å². The summed E-state index contributed by atoms with van der Waals surface area (Å²) in [6.07, 6.45) is 36.2. The van der Waals surface area contributed by atoms with Gasteiger partial charge in [-0.15, -0.1) is 0 Å². The molecule has 1 unspecified atom stereocenters. The van der Waals surface area contributed by atoms with Gasteiger partial charge in [-0.1, -0.05) is 181 Å². The maximum Gasteiger partial charge on any atom is -0.0443 e. The van der Waals surface area contributed by atoms with Crippen LogP contribution in [-0.4, -0.2) is 0 Å². The third-order valence-corrected chi connectivity index (χ3v) is 6.75. The summed E-state index contributed by atoms with van der Waals surface area (Å²) in [6, 6.07) is 0. The molecular weight excluding hydrogens is 348 g/mol. The van der Waals surface area contributed by atoms with Crippen LogP contribution in [-0.2, 0) is 0 Å². The van der Waals surface area contributed by atoms with Gasteiger partial charge in [-0.25, -0.2) is 0 Å². The molecule has 29 heavy (non-hydrogen) atoms. The van der Waals surface area contributed by atoms with E-state index in [-0.39, 0.29) is 0 Å². The maximum absolute atomic E-state index is 3.93. The first-order valence-corrected chi connectivity index (χ1v) is 14.1. The zero-order valence-corrected chi connectivity index (χ0v) is 21.0. The molecule has 1 radical (unpaired) electrons. The fourth-order valence-corrected chi connectivity index (χ4v) is 4.56. The molecule has 0 N–H and O–H groups in total. The first-order valence-electron chi connectivity index (χ1n) is 14.1. The highest BCUT2D eigenvalue weighted by molar-refractivity contribution is 4.56. The lowest BCUT2D eigenvalue weighted by molar-refractivity contribution is 0.431. The van der Waals surface area contributed by atoms with Gasteiger partial charge < -0.3 is 0 Å². The van der Waals surface area contributed by atoms with Crippen LogP contribution in [0.15, 0.2) is 0 Å². The Labute approximate surface area is 187 Å². The van der Waals surface area contributed by atoms with Gasteiger partial charge in [-0.05, 0) is 5.92 Å². The predicted molar refractivity (Wildman–Crippen MR) is 136 cm³/mol. The van der Waals surface area contributed by atoms with Crippen LogP contribution < -0.4 is 0 Å². The largest absolute Gasteiger partial charge is 0.0654 e. The molecule has 0 heterocycles. The summed E-state index contributed by atoms with van der Waals surface area (Å²) in [5, 5.41) is 0. The first kappa shape index (κ1) is 29.0. The summed E-state index contributed by atoms with van der Waals surface area (Å²) in [5.41, 5.74) is 0. The second kappa shape index (κ2) is 26.0. The molecule has 0 aliphatic heterocycles. The summed E-state index contributed by atoms with van der Waals surface area (Å²) in [6.45, 7) is 8.70.